The Morgan fingerprint density at radius 2 is 2.15 bits per heavy atom. The summed E-state index contributed by atoms with van der Waals surface area (Å²) in [5.41, 5.74) is 0.420. The minimum atomic E-state index is -3.94. The molecule has 2 aromatic heterocycles. The van der Waals surface area contributed by atoms with Gasteiger partial charge < -0.3 is 10.2 Å². The molecule has 33 heavy (non-hydrogen) atoms. The lowest BCUT2D eigenvalue weighted by molar-refractivity contribution is 0.228. The molecule has 3 heterocycles. The molecule has 0 aromatic carbocycles. The van der Waals surface area contributed by atoms with Gasteiger partial charge in [0.1, 0.15) is 21.7 Å². The lowest BCUT2D eigenvalue weighted by Crippen LogP contribution is -2.52. The van der Waals surface area contributed by atoms with Gasteiger partial charge in [0.05, 0.1) is 23.4 Å². The molecular formula is C19H24F3N7O2S2. The monoisotopic (exact) mass is 503 g/mol. The molecule has 180 valence electrons. The summed E-state index contributed by atoms with van der Waals surface area (Å²) in [5.74, 6) is -0.0616. The Morgan fingerprint density at radius 1 is 1.42 bits per heavy atom. The number of alkyl halides is 3. The summed E-state index contributed by atoms with van der Waals surface area (Å²) in [7, 11) is -3.94. The maximum atomic E-state index is 13.3. The van der Waals surface area contributed by atoms with Crippen molar-refractivity contribution in [3.05, 3.63) is 24.3 Å². The lowest BCUT2D eigenvalue weighted by Gasteiger charge is -2.34. The maximum Gasteiger partial charge on any atom is 0.285 e. The van der Waals surface area contributed by atoms with Crippen LogP contribution in [-0.4, -0.2) is 72.2 Å². The lowest BCUT2D eigenvalue weighted by atomic mass is 10.2. The van der Waals surface area contributed by atoms with Gasteiger partial charge in [0.2, 0.25) is 10.0 Å². The van der Waals surface area contributed by atoms with Crippen LogP contribution in [-0.2, 0) is 10.0 Å². The first-order valence-corrected chi connectivity index (χ1v) is 12.6. The molecule has 2 aliphatic rings. The van der Waals surface area contributed by atoms with Crippen molar-refractivity contribution in [2.45, 2.75) is 42.7 Å². The first-order valence-electron chi connectivity index (χ1n) is 10.3. The van der Waals surface area contributed by atoms with Gasteiger partial charge in [-0.15, -0.1) is 0 Å². The number of imidazole rings is 1. The zero-order valence-electron chi connectivity index (χ0n) is 17.7. The second-order valence-corrected chi connectivity index (χ2v) is 11.1. The highest BCUT2D eigenvalue weighted by Crippen LogP contribution is 2.37. The molecule has 1 aliphatic heterocycles. The third-order valence-electron chi connectivity index (χ3n) is 5.68. The van der Waals surface area contributed by atoms with Crippen molar-refractivity contribution >= 4 is 43.1 Å². The number of nitrogens with one attached hydrogen (secondary N) is 4. The summed E-state index contributed by atoms with van der Waals surface area (Å²) in [6.07, 6.45) is 1.11. The van der Waals surface area contributed by atoms with Crippen LogP contribution in [0.1, 0.15) is 25.6 Å². The van der Waals surface area contributed by atoms with Crippen molar-refractivity contribution in [1.29, 1.82) is 10.8 Å². The van der Waals surface area contributed by atoms with E-state index in [2.05, 4.69) is 15.0 Å². The van der Waals surface area contributed by atoms with Crippen LogP contribution in [0.15, 0.2) is 23.4 Å². The molecule has 1 saturated carbocycles. The number of hydrogen-bond acceptors (Lipinski definition) is 8. The molecule has 0 unspecified atom stereocenters. The van der Waals surface area contributed by atoms with Crippen LogP contribution in [0.2, 0.25) is 0 Å². The Bertz CT molecular complexity index is 1200. The first kappa shape index (κ1) is 24.0. The number of pyridine rings is 1. The molecule has 0 bridgehead atoms. The molecule has 14 heteroatoms. The van der Waals surface area contributed by atoms with Crippen molar-refractivity contribution < 1.29 is 21.6 Å². The van der Waals surface area contributed by atoms with Gasteiger partial charge in [0, 0.05) is 31.4 Å². The second kappa shape index (κ2) is 8.89. The number of aromatic nitrogens is 2. The van der Waals surface area contributed by atoms with Crippen molar-refractivity contribution in [2.24, 2.45) is 0 Å². The van der Waals surface area contributed by atoms with E-state index in [0.717, 1.165) is 0 Å². The van der Waals surface area contributed by atoms with Gasteiger partial charge in [0.25, 0.3) is 6.43 Å². The Kier molecular flexibility index (Phi) is 6.46. The summed E-state index contributed by atoms with van der Waals surface area (Å²) in [5, 5.41) is 17.2. The van der Waals surface area contributed by atoms with Crippen LogP contribution in [0.4, 0.5) is 18.9 Å². The van der Waals surface area contributed by atoms with Gasteiger partial charge in [-0.25, -0.2) is 31.3 Å². The average molecular weight is 504 g/mol. The fraction of sp³-hybridized carbons (Fsp3) is 0.526. The van der Waals surface area contributed by atoms with E-state index < -0.39 is 44.8 Å². The molecule has 2 aromatic rings. The predicted octanol–water partition coefficient (Wildman–Crippen LogP) is 2.21. The Hall–Kier alpha value is -2.16. The van der Waals surface area contributed by atoms with Crippen molar-refractivity contribution in [2.75, 3.05) is 31.2 Å². The molecule has 1 saturated heterocycles. The third-order valence-corrected chi connectivity index (χ3v) is 8.07. The summed E-state index contributed by atoms with van der Waals surface area (Å²) >= 11 is 0.254. The van der Waals surface area contributed by atoms with Crippen LogP contribution in [0, 0.1) is 10.8 Å². The Labute approximate surface area is 193 Å². The zero-order valence-corrected chi connectivity index (χ0v) is 19.4. The number of nitrogens with zero attached hydrogens (tertiary/aromatic N) is 3. The van der Waals surface area contributed by atoms with E-state index in [1.807, 2.05) is 4.90 Å². The predicted molar refractivity (Wildman–Crippen MR) is 121 cm³/mol. The number of rotatable bonds is 7. The molecule has 9 nitrogen and oxygen atoms in total. The topological polar surface area (TPSA) is 126 Å². The summed E-state index contributed by atoms with van der Waals surface area (Å²) in [6.45, 7) is 2.49. The van der Waals surface area contributed by atoms with Crippen LogP contribution in [0.25, 0.3) is 5.52 Å². The van der Waals surface area contributed by atoms with Crippen LogP contribution < -0.4 is 14.9 Å². The summed E-state index contributed by atoms with van der Waals surface area (Å²) in [4.78, 5) is 5.93. The number of anilines is 1. The van der Waals surface area contributed by atoms with Crippen molar-refractivity contribution in [3.63, 3.8) is 0 Å². The highest BCUT2D eigenvalue weighted by atomic mass is 32.2. The number of thioether (sulfide) groups is 1. The number of piperazine rings is 1. The van der Waals surface area contributed by atoms with Crippen LogP contribution in [0.3, 0.4) is 0 Å². The van der Waals surface area contributed by atoms with E-state index in [-0.39, 0.29) is 22.5 Å². The van der Waals surface area contributed by atoms with Gasteiger partial charge in [0.15, 0.2) is 5.82 Å². The fourth-order valence-corrected chi connectivity index (χ4v) is 5.68. The van der Waals surface area contributed by atoms with E-state index in [1.165, 1.54) is 22.9 Å². The number of hydrogen-bond donors (Lipinski definition) is 4. The van der Waals surface area contributed by atoms with E-state index in [9.17, 15) is 21.6 Å². The van der Waals surface area contributed by atoms with E-state index in [4.69, 9.17) is 10.8 Å². The minimum Gasteiger partial charge on any atom is -0.367 e. The molecule has 4 rings (SSSR count). The minimum absolute atomic E-state index is 0.0616. The molecule has 0 radical (unpaired) electrons. The number of fused-ring (bicyclic) bond motifs is 1. The SMILES string of the molecule is CC1(NS(=O)(=O)c2cc(N3CCN[C@@H](CF)C3)c3cnc(C(=N)SC(=N)C(F)F)n3c2)CC1. The normalized spacial score (nSPS) is 20.4. The highest BCUT2D eigenvalue weighted by molar-refractivity contribution is 8.26. The maximum absolute atomic E-state index is 13.3. The quantitative estimate of drug-likeness (QED) is 0.339. The Morgan fingerprint density at radius 3 is 2.79 bits per heavy atom. The first-order chi connectivity index (χ1) is 15.5. The summed E-state index contributed by atoms with van der Waals surface area (Å²) < 4.78 is 69.2. The average Bonchev–Trinajstić information content (AvgIpc) is 3.32. The standard InChI is InChI=1S/C19H24F3N7O2S2/c1-19(2-3-19)27-33(30,31)12-6-13(28-5-4-25-11(7-20)9-28)14-8-26-18(29(14)10-12)17(24)32-16(23)15(21)22/h6,8,10-11,15,23-25,27H,2-5,7,9H2,1H3/t11-/m0/s1. The number of sulfonamides is 1. The second-order valence-electron chi connectivity index (χ2n) is 8.41. The molecule has 0 amide bonds. The van der Waals surface area contributed by atoms with E-state index in [0.29, 0.717) is 43.7 Å². The molecule has 1 atom stereocenters. The highest BCUT2D eigenvalue weighted by Gasteiger charge is 2.41. The van der Waals surface area contributed by atoms with Gasteiger partial charge >= 0.3 is 0 Å². The van der Waals surface area contributed by atoms with Gasteiger partial charge in [-0.2, -0.15) is 0 Å². The molecular weight excluding hydrogens is 479 g/mol. The van der Waals surface area contributed by atoms with Crippen LogP contribution in [0.5, 0.6) is 0 Å². The molecule has 1 aliphatic carbocycles. The largest absolute Gasteiger partial charge is 0.367 e. The van der Waals surface area contributed by atoms with Crippen molar-refractivity contribution in [3.8, 4) is 0 Å². The Balaban J connectivity index is 1.81. The van der Waals surface area contributed by atoms with E-state index in [1.54, 1.807) is 6.92 Å². The number of halogens is 3. The molecule has 0 spiro atoms. The molecule has 4 N–H and O–H groups in total. The van der Waals surface area contributed by atoms with Crippen molar-refractivity contribution in [1.82, 2.24) is 19.4 Å². The molecule has 2 fully saturated rings. The van der Waals surface area contributed by atoms with E-state index >= 15 is 0 Å². The fourth-order valence-electron chi connectivity index (χ4n) is 3.64. The van der Waals surface area contributed by atoms with Gasteiger partial charge in [-0.1, -0.05) is 0 Å². The zero-order chi connectivity index (χ0) is 24.0. The van der Waals surface area contributed by atoms with Crippen LogP contribution >= 0.6 is 11.8 Å². The smallest absolute Gasteiger partial charge is 0.285 e. The summed E-state index contributed by atoms with van der Waals surface area (Å²) in [6, 6.07) is 1.07. The van der Waals surface area contributed by atoms with Gasteiger partial charge in [-0.3, -0.25) is 15.2 Å². The van der Waals surface area contributed by atoms with Gasteiger partial charge in [-0.05, 0) is 37.6 Å². The third kappa shape index (κ3) is 5.03.